The fraction of sp³-hybridized carbons (Fsp3) is 0.200. The third-order valence-corrected chi connectivity index (χ3v) is 2.12. The van der Waals surface area contributed by atoms with Crippen molar-refractivity contribution >= 4 is 11.6 Å². The van der Waals surface area contributed by atoms with Crippen LogP contribution < -0.4 is 16.6 Å². The fourth-order valence-electron chi connectivity index (χ4n) is 1.35. The molecular weight excluding hydrogens is 204 g/mol. The van der Waals surface area contributed by atoms with E-state index in [0.717, 1.165) is 11.5 Å². The summed E-state index contributed by atoms with van der Waals surface area (Å²) in [6.07, 6.45) is 1.91. The number of nitrogen functional groups attached to an aromatic ring is 1. The molecule has 0 saturated heterocycles. The second kappa shape index (κ2) is 4.63. The number of pyridine rings is 1. The zero-order chi connectivity index (χ0) is 11.4. The van der Waals surface area contributed by atoms with Crippen LogP contribution in [0.4, 0.5) is 11.6 Å². The van der Waals surface area contributed by atoms with Gasteiger partial charge in [0.15, 0.2) is 0 Å². The Bertz CT molecular complexity index is 464. The lowest BCUT2D eigenvalue weighted by Crippen LogP contribution is -2.10. The second-order valence-electron chi connectivity index (χ2n) is 3.39. The van der Waals surface area contributed by atoms with Crippen LogP contribution in [-0.2, 0) is 13.6 Å². The molecule has 0 atom stereocenters. The molecule has 16 heavy (non-hydrogen) atoms. The van der Waals surface area contributed by atoms with Crippen molar-refractivity contribution in [3.05, 3.63) is 36.2 Å². The molecule has 0 saturated carbocycles. The Morgan fingerprint density at radius 3 is 2.81 bits per heavy atom. The van der Waals surface area contributed by atoms with Gasteiger partial charge in [-0.1, -0.05) is 6.07 Å². The van der Waals surface area contributed by atoms with E-state index < -0.39 is 0 Å². The molecule has 0 aliphatic carbocycles. The van der Waals surface area contributed by atoms with E-state index >= 15 is 0 Å². The van der Waals surface area contributed by atoms with Crippen molar-refractivity contribution in [3.63, 3.8) is 0 Å². The maximum Gasteiger partial charge on any atom is 0.142 e. The van der Waals surface area contributed by atoms with E-state index in [1.54, 1.807) is 10.7 Å². The average molecular weight is 218 g/mol. The van der Waals surface area contributed by atoms with Gasteiger partial charge in [0.1, 0.15) is 11.6 Å². The molecule has 0 bridgehead atoms. The molecule has 2 heterocycles. The lowest BCUT2D eigenvalue weighted by Gasteiger charge is -2.05. The molecule has 2 rings (SSSR count). The quantitative estimate of drug-likeness (QED) is 0.520. The summed E-state index contributed by atoms with van der Waals surface area (Å²) < 4.78 is 1.77. The second-order valence-corrected chi connectivity index (χ2v) is 3.39. The van der Waals surface area contributed by atoms with E-state index in [2.05, 4.69) is 20.8 Å². The van der Waals surface area contributed by atoms with Crippen LogP contribution >= 0.6 is 0 Å². The van der Waals surface area contributed by atoms with Gasteiger partial charge in [-0.05, 0) is 18.2 Å². The van der Waals surface area contributed by atoms with Gasteiger partial charge in [-0.25, -0.2) is 10.8 Å². The molecule has 0 aromatic carbocycles. The minimum Gasteiger partial charge on any atom is -0.364 e. The lowest BCUT2D eigenvalue weighted by molar-refractivity contribution is 0.747. The largest absolute Gasteiger partial charge is 0.364 e. The fourth-order valence-corrected chi connectivity index (χ4v) is 1.35. The number of nitrogens with one attached hydrogen (secondary N) is 2. The standard InChI is InChI=1S/C10H14N6/c1-16-6-5-8(15-16)7-12-9-3-2-4-10(13-9)14-11/h2-6H,7,11H2,1H3,(H2,12,13,14). The number of nitrogens with zero attached hydrogens (tertiary/aromatic N) is 3. The monoisotopic (exact) mass is 218 g/mol. The van der Waals surface area contributed by atoms with Gasteiger partial charge in [0.2, 0.25) is 0 Å². The van der Waals surface area contributed by atoms with Crippen molar-refractivity contribution in [1.29, 1.82) is 0 Å². The Morgan fingerprint density at radius 1 is 1.31 bits per heavy atom. The topological polar surface area (TPSA) is 80.8 Å². The predicted molar refractivity (Wildman–Crippen MR) is 62.6 cm³/mol. The Kier molecular flexibility index (Phi) is 3.02. The Balaban J connectivity index is 1.99. The van der Waals surface area contributed by atoms with Crippen LogP contribution in [0.15, 0.2) is 30.5 Å². The van der Waals surface area contributed by atoms with Crippen molar-refractivity contribution in [2.45, 2.75) is 6.54 Å². The number of hydrazine groups is 1. The zero-order valence-electron chi connectivity index (χ0n) is 9.01. The first kappa shape index (κ1) is 10.4. The average Bonchev–Trinajstić information content (AvgIpc) is 2.73. The highest BCUT2D eigenvalue weighted by Crippen LogP contribution is 2.08. The zero-order valence-corrected chi connectivity index (χ0v) is 9.01. The predicted octanol–water partition coefficient (Wildman–Crippen LogP) is 0.713. The first-order chi connectivity index (χ1) is 7.78. The third kappa shape index (κ3) is 2.48. The molecule has 2 aromatic rings. The highest BCUT2D eigenvalue weighted by Gasteiger charge is 1.98. The molecule has 6 nitrogen and oxygen atoms in total. The molecular formula is C10H14N6. The van der Waals surface area contributed by atoms with Crippen molar-refractivity contribution in [3.8, 4) is 0 Å². The number of aryl methyl sites for hydroxylation is 1. The van der Waals surface area contributed by atoms with E-state index in [1.165, 1.54) is 0 Å². The van der Waals surface area contributed by atoms with Crippen LogP contribution in [0, 0.1) is 0 Å². The van der Waals surface area contributed by atoms with Crippen LogP contribution in [0.5, 0.6) is 0 Å². The molecule has 4 N–H and O–H groups in total. The number of rotatable bonds is 4. The van der Waals surface area contributed by atoms with E-state index in [-0.39, 0.29) is 0 Å². The first-order valence-electron chi connectivity index (χ1n) is 4.94. The number of hydrogen-bond donors (Lipinski definition) is 3. The van der Waals surface area contributed by atoms with Gasteiger partial charge in [0.25, 0.3) is 0 Å². The summed E-state index contributed by atoms with van der Waals surface area (Å²) in [4.78, 5) is 4.23. The van der Waals surface area contributed by atoms with Crippen LogP contribution in [-0.4, -0.2) is 14.8 Å². The van der Waals surface area contributed by atoms with Gasteiger partial charge in [-0.2, -0.15) is 5.10 Å². The summed E-state index contributed by atoms with van der Waals surface area (Å²) in [6, 6.07) is 7.51. The summed E-state index contributed by atoms with van der Waals surface area (Å²) in [5.41, 5.74) is 3.47. The summed E-state index contributed by atoms with van der Waals surface area (Å²) in [5, 5.41) is 7.42. The molecule has 0 fully saturated rings. The van der Waals surface area contributed by atoms with E-state index in [4.69, 9.17) is 5.84 Å². The minimum atomic E-state index is 0.631. The lowest BCUT2D eigenvalue weighted by atomic mass is 10.4. The van der Waals surface area contributed by atoms with Crippen molar-refractivity contribution in [1.82, 2.24) is 14.8 Å². The van der Waals surface area contributed by atoms with E-state index in [0.29, 0.717) is 12.4 Å². The summed E-state index contributed by atoms with van der Waals surface area (Å²) in [6.45, 7) is 0.641. The van der Waals surface area contributed by atoms with Crippen LogP contribution in [0.1, 0.15) is 5.69 Å². The summed E-state index contributed by atoms with van der Waals surface area (Å²) in [5.74, 6) is 6.67. The number of anilines is 2. The van der Waals surface area contributed by atoms with Gasteiger partial charge in [0, 0.05) is 13.2 Å². The molecule has 0 aliphatic rings. The number of hydrogen-bond acceptors (Lipinski definition) is 5. The first-order valence-corrected chi connectivity index (χ1v) is 4.94. The SMILES string of the molecule is Cn1ccc(CNc2cccc(NN)n2)n1. The minimum absolute atomic E-state index is 0.631. The smallest absolute Gasteiger partial charge is 0.142 e. The van der Waals surface area contributed by atoms with Crippen molar-refractivity contribution in [2.75, 3.05) is 10.7 Å². The molecule has 2 aromatic heterocycles. The van der Waals surface area contributed by atoms with Crippen LogP contribution in [0.3, 0.4) is 0 Å². The Labute approximate surface area is 93.5 Å². The highest BCUT2D eigenvalue weighted by atomic mass is 15.3. The Hall–Kier alpha value is -2.08. The Morgan fingerprint density at radius 2 is 2.12 bits per heavy atom. The van der Waals surface area contributed by atoms with E-state index in [9.17, 15) is 0 Å². The summed E-state index contributed by atoms with van der Waals surface area (Å²) in [7, 11) is 1.89. The molecule has 0 aliphatic heterocycles. The number of nitrogens with two attached hydrogens (primary N) is 1. The molecule has 0 amide bonds. The highest BCUT2D eigenvalue weighted by molar-refractivity contribution is 5.44. The maximum atomic E-state index is 5.27. The van der Waals surface area contributed by atoms with Crippen LogP contribution in [0.25, 0.3) is 0 Å². The van der Waals surface area contributed by atoms with Crippen LogP contribution in [0.2, 0.25) is 0 Å². The molecule has 0 spiro atoms. The molecule has 84 valence electrons. The van der Waals surface area contributed by atoms with Gasteiger partial charge < -0.3 is 10.7 Å². The molecule has 6 heteroatoms. The maximum absolute atomic E-state index is 5.27. The third-order valence-electron chi connectivity index (χ3n) is 2.12. The summed E-state index contributed by atoms with van der Waals surface area (Å²) >= 11 is 0. The van der Waals surface area contributed by atoms with Gasteiger partial charge in [-0.15, -0.1) is 0 Å². The van der Waals surface area contributed by atoms with Crippen molar-refractivity contribution < 1.29 is 0 Å². The number of aromatic nitrogens is 3. The van der Waals surface area contributed by atoms with Gasteiger partial charge in [0.05, 0.1) is 12.2 Å². The molecule has 0 radical (unpaired) electrons. The van der Waals surface area contributed by atoms with Gasteiger partial charge >= 0.3 is 0 Å². The molecule has 0 unspecified atom stereocenters. The van der Waals surface area contributed by atoms with Gasteiger partial charge in [-0.3, -0.25) is 4.68 Å². The van der Waals surface area contributed by atoms with Crippen molar-refractivity contribution in [2.24, 2.45) is 12.9 Å². The normalized spacial score (nSPS) is 10.1. The van der Waals surface area contributed by atoms with E-state index in [1.807, 2.05) is 31.4 Å².